The number of sulfonamides is 1. The second-order valence-electron chi connectivity index (χ2n) is 10.5. The number of aliphatic hydroxyl groups excluding tert-OH is 1. The van der Waals surface area contributed by atoms with Gasteiger partial charge in [0.2, 0.25) is 10.0 Å². The maximum atomic E-state index is 13.6. The molecule has 0 bridgehead atoms. The second-order valence-corrected chi connectivity index (χ2v) is 12.5. The predicted octanol–water partition coefficient (Wildman–Crippen LogP) is 4.31. The molecule has 3 rings (SSSR count). The van der Waals surface area contributed by atoms with Crippen LogP contribution in [0.2, 0.25) is 0 Å². The lowest BCUT2D eigenvalue weighted by Gasteiger charge is -2.29. The molecule has 3 atom stereocenters. The number of benzene rings is 2. The number of hydrogen-bond acceptors (Lipinski definition) is 6. The number of nitrogens with one attached hydrogen (secondary N) is 3. The van der Waals surface area contributed by atoms with Crippen LogP contribution in [0.25, 0.3) is 0 Å². The van der Waals surface area contributed by atoms with Crippen molar-refractivity contribution in [1.29, 1.82) is 0 Å². The molecular weight excluding hydrogens is 512 g/mol. The SMILES string of the molecule is CCCCCC(C)NC[C@@H](O)[C@H](Cc1ccccc1)NC(=O)c1cc(NCC)cc(N2CCCCS2(=O)=O)c1. The summed E-state index contributed by atoms with van der Waals surface area (Å²) in [6, 6.07) is 14.7. The zero-order valence-corrected chi connectivity index (χ0v) is 24.5. The van der Waals surface area contributed by atoms with Crippen molar-refractivity contribution in [3.63, 3.8) is 0 Å². The molecule has 8 nitrogen and oxygen atoms in total. The molecule has 1 saturated heterocycles. The van der Waals surface area contributed by atoms with E-state index < -0.39 is 22.2 Å². The van der Waals surface area contributed by atoms with Gasteiger partial charge in [0.1, 0.15) is 0 Å². The number of rotatable bonds is 15. The molecule has 39 heavy (non-hydrogen) atoms. The van der Waals surface area contributed by atoms with E-state index in [-0.39, 0.29) is 17.7 Å². The third-order valence-electron chi connectivity index (χ3n) is 7.19. The van der Waals surface area contributed by atoms with Gasteiger partial charge in [-0.1, -0.05) is 56.5 Å². The van der Waals surface area contributed by atoms with E-state index in [2.05, 4.69) is 29.8 Å². The highest BCUT2D eigenvalue weighted by Crippen LogP contribution is 2.28. The summed E-state index contributed by atoms with van der Waals surface area (Å²) >= 11 is 0. The zero-order chi connectivity index (χ0) is 28.3. The number of amides is 1. The van der Waals surface area contributed by atoms with Crippen molar-refractivity contribution in [3.8, 4) is 0 Å². The highest BCUT2D eigenvalue weighted by Gasteiger charge is 2.28. The minimum absolute atomic E-state index is 0.106. The normalized spacial score (nSPS) is 17.3. The van der Waals surface area contributed by atoms with Crippen LogP contribution >= 0.6 is 0 Å². The highest BCUT2D eigenvalue weighted by molar-refractivity contribution is 7.92. The Morgan fingerprint density at radius 3 is 2.54 bits per heavy atom. The molecule has 0 aliphatic carbocycles. The Hall–Kier alpha value is -2.62. The van der Waals surface area contributed by atoms with Gasteiger partial charge in [-0.3, -0.25) is 9.10 Å². The van der Waals surface area contributed by atoms with E-state index in [1.807, 2.05) is 37.3 Å². The Bertz CT molecular complexity index is 1140. The zero-order valence-electron chi connectivity index (χ0n) is 23.7. The van der Waals surface area contributed by atoms with Crippen molar-refractivity contribution >= 4 is 27.3 Å². The van der Waals surface area contributed by atoms with E-state index in [9.17, 15) is 18.3 Å². The van der Waals surface area contributed by atoms with Crippen LogP contribution in [-0.2, 0) is 16.4 Å². The van der Waals surface area contributed by atoms with Gasteiger partial charge in [-0.05, 0) is 63.3 Å². The van der Waals surface area contributed by atoms with Crippen LogP contribution in [0.4, 0.5) is 11.4 Å². The van der Waals surface area contributed by atoms with Gasteiger partial charge in [-0.2, -0.15) is 0 Å². The lowest BCUT2D eigenvalue weighted by atomic mass is 10.00. The Kier molecular flexibility index (Phi) is 12.1. The van der Waals surface area contributed by atoms with Gasteiger partial charge in [0, 0.05) is 36.9 Å². The van der Waals surface area contributed by atoms with Gasteiger partial charge in [0.25, 0.3) is 5.91 Å². The summed E-state index contributed by atoms with van der Waals surface area (Å²) in [4.78, 5) is 13.6. The van der Waals surface area contributed by atoms with Crippen LogP contribution in [0.3, 0.4) is 0 Å². The van der Waals surface area contributed by atoms with Crippen molar-refractivity contribution in [2.24, 2.45) is 0 Å². The Balaban J connectivity index is 1.80. The molecule has 216 valence electrons. The quantitative estimate of drug-likeness (QED) is 0.243. The first kappa shape index (κ1) is 30.9. The fraction of sp³-hybridized carbons (Fsp3) is 0.567. The molecule has 1 aliphatic rings. The number of nitrogens with zero attached hydrogens (tertiary/aromatic N) is 1. The van der Waals surface area contributed by atoms with Crippen LogP contribution in [0, 0.1) is 0 Å². The molecular formula is C30H46N4O4S. The molecule has 0 radical (unpaired) electrons. The van der Waals surface area contributed by atoms with E-state index >= 15 is 0 Å². The van der Waals surface area contributed by atoms with Crippen LogP contribution in [0.1, 0.15) is 75.2 Å². The molecule has 9 heteroatoms. The molecule has 1 unspecified atom stereocenters. The molecule has 1 amide bonds. The lowest BCUT2D eigenvalue weighted by Crippen LogP contribution is -2.49. The Morgan fingerprint density at radius 2 is 1.85 bits per heavy atom. The Labute approximate surface area is 234 Å². The number of anilines is 2. The van der Waals surface area contributed by atoms with Crippen molar-refractivity contribution in [3.05, 3.63) is 59.7 Å². The van der Waals surface area contributed by atoms with Gasteiger partial charge in [-0.15, -0.1) is 0 Å². The van der Waals surface area contributed by atoms with E-state index in [1.54, 1.807) is 18.2 Å². The van der Waals surface area contributed by atoms with Crippen LogP contribution in [0.15, 0.2) is 48.5 Å². The van der Waals surface area contributed by atoms with E-state index in [0.29, 0.717) is 49.4 Å². The fourth-order valence-electron chi connectivity index (χ4n) is 4.94. The number of aliphatic hydroxyl groups is 1. The molecule has 2 aromatic rings. The second kappa shape index (κ2) is 15.2. The summed E-state index contributed by atoms with van der Waals surface area (Å²) in [6.07, 6.45) is 5.62. The number of unbranched alkanes of at least 4 members (excludes halogenated alkanes) is 2. The minimum Gasteiger partial charge on any atom is -0.390 e. The third-order valence-corrected chi connectivity index (χ3v) is 9.06. The molecule has 2 aromatic carbocycles. The van der Waals surface area contributed by atoms with Crippen LogP contribution in [0.5, 0.6) is 0 Å². The van der Waals surface area contributed by atoms with Gasteiger partial charge in [0.05, 0.1) is 23.6 Å². The molecule has 0 spiro atoms. The van der Waals surface area contributed by atoms with E-state index in [4.69, 9.17) is 0 Å². The molecule has 1 fully saturated rings. The highest BCUT2D eigenvalue weighted by atomic mass is 32.2. The average Bonchev–Trinajstić information content (AvgIpc) is 2.91. The van der Waals surface area contributed by atoms with Gasteiger partial charge >= 0.3 is 0 Å². The molecule has 4 N–H and O–H groups in total. The summed E-state index contributed by atoms with van der Waals surface area (Å²) in [7, 11) is -3.43. The maximum Gasteiger partial charge on any atom is 0.251 e. The molecule has 0 aromatic heterocycles. The van der Waals surface area contributed by atoms with Gasteiger partial charge < -0.3 is 21.1 Å². The van der Waals surface area contributed by atoms with E-state index in [0.717, 1.165) is 24.8 Å². The number of hydrogen-bond donors (Lipinski definition) is 4. The molecule has 1 aliphatic heterocycles. The van der Waals surface area contributed by atoms with Crippen molar-refractivity contribution in [1.82, 2.24) is 10.6 Å². The van der Waals surface area contributed by atoms with Crippen LogP contribution < -0.4 is 20.3 Å². The first-order chi connectivity index (χ1) is 18.7. The molecule has 1 heterocycles. The summed E-state index contributed by atoms with van der Waals surface area (Å²) in [5.74, 6) is -0.240. The first-order valence-corrected chi connectivity index (χ1v) is 16.0. The summed E-state index contributed by atoms with van der Waals surface area (Å²) < 4.78 is 27.0. The average molecular weight is 559 g/mol. The maximum absolute atomic E-state index is 13.6. The predicted molar refractivity (Wildman–Crippen MR) is 160 cm³/mol. The smallest absolute Gasteiger partial charge is 0.251 e. The standard InChI is InChI=1S/C30H46N4O4S/c1-4-6-8-13-23(3)32-22-29(35)28(18-24-14-9-7-10-15-24)33-30(36)25-19-26(31-5-2)21-27(20-25)34-16-11-12-17-39(34,37)38/h7,9-10,14-15,19-21,23,28-29,31-32,35H,4-6,8,11-13,16-18,22H2,1-3H3,(H,33,36)/t23?,28-,29+/m0/s1. The van der Waals surface area contributed by atoms with Crippen LogP contribution in [-0.4, -0.2) is 63.0 Å². The van der Waals surface area contributed by atoms with Gasteiger partial charge in [0.15, 0.2) is 0 Å². The number of carbonyl (C=O) groups excluding carboxylic acids is 1. The summed E-state index contributed by atoms with van der Waals surface area (Å²) in [5.41, 5.74) is 2.54. The van der Waals surface area contributed by atoms with Crippen molar-refractivity contribution in [2.45, 2.75) is 83.9 Å². The van der Waals surface area contributed by atoms with Crippen molar-refractivity contribution < 1.29 is 18.3 Å². The monoisotopic (exact) mass is 558 g/mol. The third kappa shape index (κ3) is 9.51. The topological polar surface area (TPSA) is 111 Å². The molecule has 0 saturated carbocycles. The summed E-state index contributed by atoms with van der Waals surface area (Å²) in [5, 5.41) is 20.9. The van der Waals surface area contributed by atoms with Gasteiger partial charge in [-0.25, -0.2) is 8.42 Å². The van der Waals surface area contributed by atoms with E-state index in [1.165, 1.54) is 17.1 Å². The lowest BCUT2D eigenvalue weighted by molar-refractivity contribution is 0.0825. The number of carbonyl (C=O) groups is 1. The summed E-state index contributed by atoms with van der Waals surface area (Å²) in [6.45, 7) is 7.65. The Morgan fingerprint density at radius 1 is 1.08 bits per heavy atom. The van der Waals surface area contributed by atoms with Crippen molar-refractivity contribution in [2.75, 3.05) is 35.0 Å². The fourth-order valence-corrected chi connectivity index (χ4v) is 6.56. The first-order valence-electron chi connectivity index (χ1n) is 14.4. The largest absolute Gasteiger partial charge is 0.390 e. The minimum atomic E-state index is -3.43.